The Labute approximate surface area is 639 Å². The van der Waals surface area contributed by atoms with Gasteiger partial charge in [0.15, 0.2) is 18.9 Å². The summed E-state index contributed by atoms with van der Waals surface area (Å²) in [6, 6.07) is -5.61. The number of nitrogens with one attached hydrogen (secondary N) is 9. The number of carbonyl (C=O) groups is 9. The highest BCUT2D eigenvalue weighted by Gasteiger charge is 2.48. The maximum absolute atomic E-state index is 13.9. The molecular formula is C73H131N9O27. The SMILES string of the molecule is CC(=O)NC1C(OCCCCCCNC(=O)CCC(NC(=O)CCC(NC(=O)CCCCCCCCCCC(=O)NC[C@H]2C[C@@H](OC(C)C)[C@H](CO)O2)C(=O)NCCCCCCOC2OC(CO)C(O)C(O)C2NC(C)=O)C(=O)NCCCCCCOC2OC(CO)C(O)C(O)C2NC(C)=O)OC(CO)C(O)C1O. The number of aliphatic hydroxyl groups is 10. The highest BCUT2D eigenvalue weighted by molar-refractivity contribution is 5.90. The van der Waals surface area contributed by atoms with Crippen LogP contribution in [0.15, 0.2) is 0 Å². The van der Waals surface area contributed by atoms with Crippen molar-refractivity contribution in [1.29, 1.82) is 0 Å². The Morgan fingerprint density at radius 2 is 0.697 bits per heavy atom. The summed E-state index contributed by atoms with van der Waals surface area (Å²) in [4.78, 5) is 117. The first kappa shape index (κ1) is 95.9. The van der Waals surface area contributed by atoms with Crippen LogP contribution in [-0.4, -0.2) is 305 Å². The summed E-state index contributed by atoms with van der Waals surface area (Å²) in [6.45, 7) is 7.08. The average Bonchev–Trinajstić information content (AvgIpc) is 1.33. The van der Waals surface area contributed by atoms with Gasteiger partial charge in [-0.2, -0.15) is 0 Å². The fourth-order valence-corrected chi connectivity index (χ4v) is 13.3. The Morgan fingerprint density at radius 3 is 1.06 bits per heavy atom. The van der Waals surface area contributed by atoms with Gasteiger partial charge in [-0.3, -0.25) is 43.2 Å². The fraction of sp³-hybridized carbons (Fsp3) is 0.877. The van der Waals surface area contributed by atoms with Crippen molar-refractivity contribution in [2.24, 2.45) is 0 Å². The lowest BCUT2D eigenvalue weighted by atomic mass is 9.97. The van der Waals surface area contributed by atoms with E-state index in [9.17, 15) is 94.2 Å². The first-order valence-electron chi connectivity index (χ1n) is 39.3. The molecule has 4 heterocycles. The van der Waals surface area contributed by atoms with Crippen molar-refractivity contribution in [2.45, 2.75) is 336 Å². The molecule has 0 spiro atoms. The van der Waals surface area contributed by atoms with Crippen LogP contribution in [0.3, 0.4) is 0 Å². The van der Waals surface area contributed by atoms with E-state index in [0.717, 1.165) is 44.9 Å². The normalized spacial score (nSPS) is 27.4. The minimum atomic E-state index is -1.47. The molecule has 0 saturated carbocycles. The van der Waals surface area contributed by atoms with Crippen molar-refractivity contribution >= 4 is 53.2 Å². The van der Waals surface area contributed by atoms with E-state index in [1.54, 1.807) is 0 Å². The van der Waals surface area contributed by atoms with Crippen molar-refractivity contribution < 1.29 is 132 Å². The van der Waals surface area contributed by atoms with Gasteiger partial charge >= 0.3 is 0 Å². The largest absolute Gasteiger partial charge is 0.394 e. The molecule has 36 nitrogen and oxygen atoms in total. The number of aliphatic hydroxyl groups excluding tert-OH is 10. The van der Waals surface area contributed by atoms with Gasteiger partial charge in [0, 0.05) is 98.9 Å². The lowest BCUT2D eigenvalue weighted by Gasteiger charge is -2.42. The molecule has 19 N–H and O–H groups in total. The van der Waals surface area contributed by atoms with Crippen LogP contribution in [0.2, 0.25) is 0 Å². The van der Waals surface area contributed by atoms with Gasteiger partial charge < -0.3 is 137 Å². The number of hydrogen-bond donors (Lipinski definition) is 19. The zero-order valence-electron chi connectivity index (χ0n) is 64.4. The van der Waals surface area contributed by atoms with Crippen molar-refractivity contribution in [1.82, 2.24) is 47.9 Å². The molecule has 17 unspecified atom stereocenters. The van der Waals surface area contributed by atoms with Crippen LogP contribution in [0.1, 0.15) is 208 Å². The predicted molar refractivity (Wildman–Crippen MR) is 390 cm³/mol. The second-order valence-corrected chi connectivity index (χ2v) is 29.0. The van der Waals surface area contributed by atoms with Gasteiger partial charge in [0.05, 0.1) is 44.7 Å². The molecule has 0 aromatic carbocycles. The molecule has 4 saturated heterocycles. The summed E-state index contributed by atoms with van der Waals surface area (Å²) in [5.74, 6) is -4.04. The summed E-state index contributed by atoms with van der Waals surface area (Å²) in [5, 5.41) is 126. The van der Waals surface area contributed by atoms with Crippen molar-refractivity contribution in [3.63, 3.8) is 0 Å². The third kappa shape index (κ3) is 36.9. The Hall–Kier alpha value is -5.49. The van der Waals surface area contributed by atoms with Gasteiger partial charge in [-0.1, -0.05) is 77.0 Å². The highest BCUT2D eigenvalue weighted by Crippen LogP contribution is 2.28. The van der Waals surface area contributed by atoms with Crippen molar-refractivity contribution in [2.75, 3.05) is 72.4 Å². The minimum Gasteiger partial charge on any atom is -0.394 e. The van der Waals surface area contributed by atoms with Crippen LogP contribution < -0.4 is 47.9 Å². The van der Waals surface area contributed by atoms with E-state index in [0.29, 0.717) is 103 Å². The zero-order valence-corrected chi connectivity index (χ0v) is 64.4. The third-order valence-electron chi connectivity index (χ3n) is 19.3. The first-order chi connectivity index (χ1) is 52.2. The molecule has 4 rings (SSSR count). The molecule has 4 aliphatic heterocycles. The highest BCUT2D eigenvalue weighted by atomic mass is 16.7. The summed E-state index contributed by atoms with van der Waals surface area (Å²) in [5.41, 5.74) is 0. The molecule has 0 aromatic rings. The molecule has 20 atom stereocenters. The molecule has 4 fully saturated rings. The van der Waals surface area contributed by atoms with Crippen molar-refractivity contribution in [3.8, 4) is 0 Å². The molecule has 630 valence electrons. The van der Waals surface area contributed by atoms with E-state index in [1.807, 2.05) is 13.8 Å². The number of unbranched alkanes of at least 4 members (excludes halogenated alkanes) is 16. The number of ether oxygens (including phenoxy) is 8. The first-order valence-corrected chi connectivity index (χ1v) is 39.3. The van der Waals surface area contributed by atoms with Gasteiger partial charge in [0.2, 0.25) is 53.2 Å². The third-order valence-corrected chi connectivity index (χ3v) is 19.3. The van der Waals surface area contributed by atoms with Crippen LogP contribution in [0.5, 0.6) is 0 Å². The predicted octanol–water partition coefficient (Wildman–Crippen LogP) is -2.61. The Bertz CT molecular complexity index is 2650. The molecular weight excluding hydrogens is 1430 g/mol. The quantitative estimate of drug-likeness (QED) is 0.0277. The standard InChI is InChI=1S/C73H131N9O27/c1-44(2)105-51-38-48(106-52(51)40-83)39-77-56(90)26-18-10-8-6-7-9-11-19-27-58(92)81-50(70(101)76-34-22-14-17-25-37-104-73-62(80-47(5)89)68(99)65(96)55(43-86)109-73)29-31-59(93)82-49(69(100)75-33-21-13-16-24-36-103-72-61(79-46(4)88)67(98)64(95)54(42-85)108-72)28-30-57(91)74-32-20-12-15-23-35-102-71-60(78-45(3)87)66(97)63(94)53(41-84)107-71/h44,48-55,60-68,71-73,83-86,94-99H,6-43H2,1-5H3,(H,74,91)(H,75,100)(H,76,101)(H,77,90)(H,78,87)(H,79,88)(H,80,89)(H,81,92)(H,82,93)/t48-,49?,50?,51-,52+,53?,54?,55?,60?,61?,62?,63?,64?,65?,66?,67?,68?,71?,72?,73?/m1/s1. The number of hydrogen-bond acceptors (Lipinski definition) is 27. The number of carbonyl (C=O) groups excluding carboxylic acids is 9. The molecule has 36 heteroatoms. The van der Waals surface area contributed by atoms with E-state index in [2.05, 4.69) is 47.9 Å². The summed E-state index contributed by atoms with van der Waals surface area (Å²) in [7, 11) is 0. The maximum Gasteiger partial charge on any atom is 0.242 e. The number of amides is 9. The van der Waals surface area contributed by atoms with Gasteiger partial charge in [0.1, 0.15) is 91.2 Å². The molecule has 9 amide bonds. The minimum absolute atomic E-state index is 0.00987. The van der Waals surface area contributed by atoms with Gasteiger partial charge in [-0.05, 0) is 78.1 Å². The Morgan fingerprint density at radius 1 is 0.376 bits per heavy atom. The maximum atomic E-state index is 13.9. The van der Waals surface area contributed by atoms with E-state index < -0.39 is 171 Å². The number of rotatable bonds is 56. The monoisotopic (exact) mass is 1570 g/mol. The second kappa shape index (κ2) is 54.3. The Balaban J connectivity index is 1.30. The van der Waals surface area contributed by atoms with Crippen LogP contribution in [0.25, 0.3) is 0 Å². The van der Waals surface area contributed by atoms with E-state index >= 15 is 0 Å². The summed E-state index contributed by atoms with van der Waals surface area (Å²) < 4.78 is 46.0. The topological polar surface area (TPSA) is 538 Å². The summed E-state index contributed by atoms with van der Waals surface area (Å²) >= 11 is 0. The second-order valence-electron chi connectivity index (χ2n) is 29.0. The lowest BCUT2D eigenvalue weighted by molar-refractivity contribution is -0.270. The van der Waals surface area contributed by atoms with E-state index in [1.165, 1.54) is 20.8 Å². The van der Waals surface area contributed by atoms with E-state index in [-0.39, 0.29) is 108 Å². The fourth-order valence-electron chi connectivity index (χ4n) is 13.3. The van der Waals surface area contributed by atoms with Gasteiger partial charge in [-0.25, -0.2) is 0 Å². The molecule has 0 bridgehead atoms. The van der Waals surface area contributed by atoms with Crippen LogP contribution in [0.4, 0.5) is 0 Å². The molecule has 0 aromatic heterocycles. The van der Waals surface area contributed by atoms with Gasteiger partial charge in [-0.15, -0.1) is 0 Å². The zero-order chi connectivity index (χ0) is 80.2. The molecule has 0 radical (unpaired) electrons. The summed E-state index contributed by atoms with van der Waals surface area (Å²) in [6.07, 6.45) is -2.65. The molecule has 4 aliphatic rings. The van der Waals surface area contributed by atoms with Crippen LogP contribution >= 0.6 is 0 Å². The molecule has 0 aliphatic carbocycles. The molecule has 109 heavy (non-hydrogen) atoms. The van der Waals surface area contributed by atoms with Crippen LogP contribution in [-0.2, 0) is 81.0 Å². The van der Waals surface area contributed by atoms with Crippen molar-refractivity contribution in [3.05, 3.63) is 0 Å². The average molecular weight is 1570 g/mol. The van der Waals surface area contributed by atoms with E-state index in [4.69, 9.17) is 37.9 Å². The lowest BCUT2D eigenvalue weighted by Crippen LogP contribution is -2.64. The smallest absolute Gasteiger partial charge is 0.242 e. The van der Waals surface area contributed by atoms with Crippen LogP contribution in [0, 0.1) is 0 Å². The Kier molecular flexibility index (Phi) is 47.7. The van der Waals surface area contributed by atoms with Gasteiger partial charge in [0.25, 0.3) is 0 Å².